The Labute approximate surface area is 166 Å². The zero-order valence-electron chi connectivity index (χ0n) is 14.7. The molecule has 0 saturated heterocycles. The van der Waals surface area contributed by atoms with E-state index < -0.39 is 56.6 Å². The highest BCUT2D eigenvalue weighted by molar-refractivity contribution is 8.13. The molecule has 0 aromatic heterocycles. The maximum atomic E-state index is 13.7. The van der Waals surface area contributed by atoms with E-state index in [1.54, 1.807) is 13.8 Å². The highest BCUT2D eigenvalue weighted by Crippen LogP contribution is 2.53. The average Bonchev–Trinajstić information content (AvgIpc) is 2.50. The molecule has 27 heavy (non-hydrogen) atoms. The molecule has 1 N–H and O–H groups in total. The minimum absolute atomic E-state index is 0.246. The van der Waals surface area contributed by atoms with E-state index in [0.29, 0.717) is 23.5 Å². The first-order valence-corrected chi connectivity index (χ1v) is 10.5. The summed E-state index contributed by atoms with van der Waals surface area (Å²) in [5.74, 6) is -4.13. The number of carbonyl (C=O) groups is 2. The van der Waals surface area contributed by atoms with Crippen molar-refractivity contribution >= 4 is 45.4 Å². The molecule has 0 bridgehead atoms. The van der Waals surface area contributed by atoms with Gasteiger partial charge < -0.3 is 5.32 Å². The summed E-state index contributed by atoms with van der Waals surface area (Å²) < 4.78 is 81.8. The van der Waals surface area contributed by atoms with Crippen LogP contribution in [0.4, 0.5) is 26.3 Å². The van der Waals surface area contributed by atoms with Crippen LogP contribution >= 0.6 is 35.1 Å². The van der Waals surface area contributed by atoms with Crippen LogP contribution in [0, 0.1) is 17.8 Å². The van der Waals surface area contributed by atoms with Crippen molar-refractivity contribution in [3.63, 3.8) is 0 Å². The fraction of sp³-hybridized carbons (Fsp3) is 0.733. The predicted molar refractivity (Wildman–Crippen MR) is 94.3 cm³/mol. The first kappa shape index (κ1) is 24.5. The molecule has 1 aliphatic rings. The fourth-order valence-corrected chi connectivity index (χ4v) is 4.48. The molecule has 3 unspecified atom stereocenters. The molecule has 3 nitrogen and oxygen atoms in total. The summed E-state index contributed by atoms with van der Waals surface area (Å²) in [7, 11) is 0. The van der Waals surface area contributed by atoms with Crippen LogP contribution in [0.25, 0.3) is 0 Å². The van der Waals surface area contributed by atoms with Crippen LogP contribution in [0.1, 0.15) is 20.3 Å². The topological polar surface area (TPSA) is 46.2 Å². The highest BCUT2D eigenvalue weighted by atomic mass is 35.5. The Kier molecular flexibility index (Phi) is 7.66. The maximum absolute atomic E-state index is 13.7. The molecule has 0 saturated carbocycles. The van der Waals surface area contributed by atoms with Crippen molar-refractivity contribution in [2.24, 2.45) is 17.8 Å². The molecule has 0 aromatic carbocycles. The SMILES string of the molecule is CSC(=O)C1=C(C(F)(F)F)NC(Cl)(C(F)(F)F)C(C(=O)SC)C1CC(C)C. The number of allylic oxidation sites excluding steroid dienone is 1. The molecule has 3 atom stereocenters. The van der Waals surface area contributed by atoms with E-state index in [1.165, 1.54) is 17.8 Å². The lowest BCUT2D eigenvalue weighted by Gasteiger charge is -2.46. The van der Waals surface area contributed by atoms with Crippen molar-refractivity contribution < 1.29 is 35.9 Å². The van der Waals surface area contributed by atoms with Crippen molar-refractivity contribution in [2.45, 2.75) is 37.6 Å². The van der Waals surface area contributed by atoms with Crippen molar-refractivity contribution in [3.05, 3.63) is 11.3 Å². The maximum Gasteiger partial charge on any atom is 0.431 e. The van der Waals surface area contributed by atoms with Crippen molar-refractivity contribution in [3.8, 4) is 0 Å². The Hall–Kier alpha value is -0.550. The number of carbonyl (C=O) groups excluding carboxylic acids is 2. The summed E-state index contributed by atoms with van der Waals surface area (Å²) in [6.45, 7) is 3.14. The number of halogens is 7. The third-order valence-corrected chi connectivity index (χ3v) is 5.85. The van der Waals surface area contributed by atoms with Crippen molar-refractivity contribution in [2.75, 3.05) is 12.5 Å². The van der Waals surface area contributed by atoms with Crippen LogP contribution in [-0.2, 0) is 9.59 Å². The van der Waals surface area contributed by atoms with Gasteiger partial charge in [-0.1, -0.05) is 49.0 Å². The van der Waals surface area contributed by atoms with Gasteiger partial charge in [0, 0.05) is 11.5 Å². The standard InChI is InChI=1S/C15H18ClF6NO2S2/c1-6(2)5-7-8(11(24)26-3)10(14(17,18)19)23-13(16,15(20,21)22)9(7)12(25)27-4/h6-7,9,23H,5H2,1-4H3. The average molecular weight is 458 g/mol. The van der Waals surface area contributed by atoms with E-state index in [1.807, 2.05) is 0 Å². The van der Waals surface area contributed by atoms with Gasteiger partial charge in [-0.15, -0.1) is 0 Å². The molecule has 1 aliphatic heterocycles. The van der Waals surface area contributed by atoms with Crippen LogP contribution in [0.3, 0.4) is 0 Å². The van der Waals surface area contributed by atoms with Gasteiger partial charge in [-0.05, 0) is 24.9 Å². The number of hydrogen-bond donors (Lipinski definition) is 1. The molecule has 0 radical (unpaired) electrons. The zero-order valence-corrected chi connectivity index (χ0v) is 17.1. The number of thioether (sulfide) groups is 2. The monoisotopic (exact) mass is 457 g/mol. The number of alkyl halides is 7. The first-order chi connectivity index (χ1) is 12.1. The van der Waals surface area contributed by atoms with Gasteiger partial charge in [0.2, 0.25) is 10.1 Å². The molecular formula is C15H18ClF6NO2S2. The van der Waals surface area contributed by atoms with Crippen LogP contribution in [0.15, 0.2) is 11.3 Å². The predicted octanol–water partition coefficient (Wildman–Crippen LogP) is 4.96. The molecular weight excluding hydrogens is 440 g/mol. The largest absolute Gasteiger partial charge is 0.431 e. The van der Waals surface area contributed by atoms with Crippen LogP contribution in [-0.4, -0.2) is 40.1 Å². The van der Waals surface area contributed by atoms with E-state index in [9.17, 15) is 35.9 Å². The highest BCUT2D eigenvalue weighted by Gasteiger charge is 2.67. The number of hydrogen-bond acceptors (Lipinski definition) is 5. The van der Waals surface area contributed by atoms with Gasteiger partial charge in [0.15, 0.2) is 5.12 Å². The molecule has 0 aliphatic carbocycles. The molecule has 0 fully saturated rings. The lowest BCUT2D eigenvalue weighted by Crippen LogP contribution is -2.65. The van der Waals surface area contributed by atoms with E-state index in [0.717, 1.165) is 0 Å². The van der Waals surface area contributed by atoms with Gasteiger partial charge >= 0.3 is 12.4 Å². The molecule has 0 aromatic rings. The molecule has 12 heteroatoms. The summed E-state index contributed by atoms with van der Waals surface area (Å²) >= 11 is 6.52. The molecule has 0 amide bonds. The van der Waals surface area contributed by atoms with Gasteiger partial charge in [-0.3, -0.25) is 9.59 Å². The minimum Gasteiger partial charge on any atom is -0.354 e. The molecule has 1 rings (SSSR count). The lowest BCUT2D eigenvalue weighted by atomic mass is 9.73. The Morgan fingerprint density at radius 1 is 1.15 bits per heavy atom. The van der Waals surface area contributed by atoms with Crippen molar-refractivity contribution in [1.82, 2.24) is 5.32 Å². The normalized spacial score (nSPS) is 27.0. The van der Waals surface area contributed by atoms with Gasteiger partial charge in [-0.25, -0.2) is 0 Å². The number of rotatable bonds is 4. The second-order valence-corrected chi connectivity index (χ2v) is 8.54. The Bertz CT molecular complexity index is 635. The minimum atomic E-state index is -5.38. The summed E-state index contributed by atoms with van der Waals surface area (Å²) in [6.07, 6.45) is -8.49. The van der Waals surface area contributed by atoms with Crippen molar-refractivity contribution in [1.29, 1.82) is 0 Å². The van der Waals surface area contributed by atoms with E-state index in [2.05, 4.69) is 0 Å². The Balaban J connectivity index is 3.90. The smallest absolute Gasteiger partial charge is 0.354 e. The van der Waals surface area contributed by atoms with Gasteiger partial charge in [0.1, 0.15) is 5.70 Å². The van der Waals surface area contributed by atoms with Crippen LogP contribution in [0.2, 0.25) is 0 Å². The quantitative estimate of drug-likeness (QED) is 0.367. The van der Waals surface area contributed by atoms with Gasteiger partial charge in [-0.2, -0.15) is 26.3 Å². The second-order valence-electron chi connectivity index (χ2n) is 6.35. The second kappa shape index (κ2) is 8.44. The third-order valence-electron chi connectivity index (χ3n) is 4.06. The zero-order chi connectivity index (χ0) is 21.4. The fourth-order valence-electron chi connectivity index (χ4n) is 3.01. The Morgan fingerprint density at radius 3 is 2.00 bits per heavy atom. The van der Waals surface area contributed by atoms with Crippen LogP contribution < -0.4 is 5.32 Å². The first-order valence-electron chi connectivity index (χ1n) is 7.63. The van der Waals surface area contributed by atoms with Gasteiger partial charge in [0.25, 0.3) is 0 Å². The summed E-state index contributed by atoms with van der Waals surface area (Å²) in [5, 5.41) is -0.833. The van der Waals surface area contributed by atoms with Gasteiger partial charge in [0.05, 0.1) is 5.92 Å². The Morgan fingerprint density at radius 2 is 1.67 bits per heavy atom. The summed E-state index contributed by atoms with van der Waals surface area (Å²) in [5.41, 5.74) is -2.72. The third kappa shape index (κ3) is 4.90. The summed E-state index contributed by atoms with van der Waals surface area (Å²) in [4.78, 5) is 20.9. The summed E-state index contributed by atoms with van der Waals surface area (Å²) in [6, 6.07) is 0. The van der Waals surface area contributed by atoms with E-state index in [4.69, 9.17) is 11.6 Å². The number of nitrogens with one attached hydrogen (secondary N) is 1. The molecule has 0 spiro atoms. The van der Waals surface area contributed by atoms with E-state index >= 15 is 0 Å². The van der Waals surface area contributed by atoms with E-state index in [-0.39, 0.29) is 6.42 Å². The van der Waals surface area contributed by atoms with Crippen LogP contribution in [0.5, 0.6) is 0 Å². The molecule has 1 heterocycles. The molecule has 156 valence electrons. The lowest BCUT2D eigenvalue weighted by molar-refractivity contribution is -0.195.